The summed E-state index contributed by atoms with van der Waals surface area (Å²) in [6, 6.07) is 5.59. The van der Waals surface area contributed by atoms with Gasteiger partial charge in [-0.05, 0) is 30.5 Å². The van der Waals surface area contributed by atoms with Gasteiger partial charge in [0.2, 0.25) is 0 Å². The zero-order valence-electron chi connectivity index (χ0n) is 10.5. The Morgan fingerprint density at radius 3 is 2.71 bits per heavy atom. The molecule has 0 saturated carbocycles. The van der Waals surface area contributed by atoms with Crippen LogP contribution in [0.15, 0.2) is 22.7 Å². The number of halogens is 1. The highest BCUT2D eigenvalue weighted by molar-refractivity contribution is 9.10. The fourth-order valence-electron chi connectivity index (χ4n) is 1.39. The summed E-state index contributed by atoms with van der Waals surface area (Å²) in [6.45, 7) is 6.51. The molecule has 0 heterocycles. The van der Waals surface area contributed by atoms with Crippen molar-refractivity contribution in [2.45, 2.75) is 26.8 Å². The molecular formula is C13H19BrN2O. The highest BCUT2D eigenvalue weighted by Gasteiger charge is 2.13. The van der Waals surface area contributed by atoms with Crippen molar-refractivity contribution in [2.24, 2.45) is 11.7 Å². The van der Waals surface area contributed by atoms with Gasteiger partial charge in [0, 0.05) is 22.6 Å². The summed E-state index contributed by atoms with van der Waals surface area (Å²) in [7, 11) is 0. The smallest absolute Gasteiger partial charge is 0.251 e. The second kappa shape index (κ2) is 6.17. The fraction of sp³-hybridized carbons (Fsp3) is 0.462. The lowest BCUT2D eigenvalue weighted by molar-refractivity contribution is 0.0948. The van der Waals surface area contributed by atoms with E-state index in [9.17, 15) is 4.79 Å². The lowest BCUT2D eigenvalue weighted by Crippen LogP contribution is -2.40. The van der Waals surface area contributed by atoms with Crippen molar-refractivity contribution in [3.63, 3.8) is 0 Å². The second-order valence-corrected chi connectivity index (χ2v) is 5.38. The maximum absolute atomic E-state index is 12.0. The summed E-state index contributed by atoms with van der Waals surface area (Å²) in [6.07, 6.45) is 0. The summed E-state index contributed by atoms with van der Waals surface area (Å²) < 4.78 is 0.943. The molecule has 1 amide bonds. The molecule has 0 aliphatic rings. The van der Waals surface area contributed by atoms with Gasteiger partial charge in [0.25, 0.3) is 5.91 Å². The normalized spacial score (nSPS) is 12.6. The van der Waals surface area contributed by atoms with Gasteiger partial charge in [-0.3, -0.25) is 4.79 Å². The Bertz CT molecular complexity index is 404. The molecule has 0 aromatic heterocycles. The van der Waals surface area contributed by atoms with Gasteiger partial charge in [0.05, 0.1) is 0 Å². The lowest BCUT2D eigenvalue weighted by Gasteiger charge is -2.16. The van der Waals surface area contributed by atoms with Gasteiger partial charge in [0.1, 0.15) is 0 Å². The molecule has 1 aromatic carbocycles. The monoisotopic (exact) mass is 298 g/mol. The van der Waals surface area contributed by atoms with Crippen LogP contribution in [0.5, 0.6) is 0 Å². The number of nitrogens with one attached hydrogen (secondary N) is 1. The van der Waals surface area contributed by atoms with Crippen molar-refractivity contribution in [1.29, 1.82) is 0 Å². The van der Waals surface area contributed by atoms with Gasteiger partial charge >= 0.3 is 0 Å². The van der Waals surface area contributed by atoms with Crippen LogP contribution in [0.4, 0.5) is 0 Å². The zero-order valence-corrected chi connectivity index (χ0v) is 12.0. The first-order chi connectivity index (χ1) is 7.93. The average Bonchev–Trinajstić information content (AvgIpc) is 2.29. The Hall–Kier alpha value is -0.870. The molecule has 0 radical (unpaired) electrons. The highest BCUT2D eigenvalue weighted by atomic mass is 79.9. The third-order valence-corrected chi connectivity index (χ3v) is 3.73. The highest BCUT2D eigenvalue weighted by Crippen LogP contribution is 2.19. The van der Waals surface area contributed by atoms with E-state index in [4.69, 9.17) is 5.73 Å². The topological polar surface area (TPSA) is 55.1 Å². The molecule has 3 nitrogen and oxygen atoms in total. The van der Waals surface area contributed by atoms with E-state index in [2.05, 4.69) is 21.2 Å². The van der Waals surface area contributed by atoms with Crippen molar-refractivity contribution in [2.75, 3.05) is 6.54 Å². The number of hydrogen-bond donors (Lipinski definition) is 2. The van der Waals surface area contributed by atoms with Gasteiger partial charge in [-0.2, -0.15) is 0 Å². The van der Waals surface area contributed by atoms with Crippen LogP contribution in [-0.2, 0) is 0 Å². The number of hydrogen-bond acceptors (Lipinski definition) is 2. The van der Waals surface area contributed by atoms with Crippen molar-refractivity contribution < 1.29 is 4.79 Å². The molecule has 0 aliphatic heterocycles. The zero-order chi connectivity index (χ0) is 13.0. The predicted molar refractivity (Wildman–Crippen MR) is 74.0 cm³/mol. The Morgan fingerprint density at radius 2 is 2.12 bits per heavy atom. The number of carbonyl (C=O) groups excluding carboxylic acids is 1. The van der Waals surface area contributed by atoms with Crippen LogP contribution in [0.25, 0.3) is 0 Å². The van der Waals surface area contributed by atoms with Crippen LogP contribution in [0.1, 0.15) is 29.8 Å². The van der Waals surface area contributed by atoms with Crippen LogP contribution in [-0.4, -0.2) is 18.5 Å². The maximum atomic E-state index is 12.0. The fourth-order valence-corrected chi connectivity index (χ4v) is 1.76. The summed E-state index contributed by atoms with van der Waals surface area (Å²) >= 11 is 3.41. The quantitative estimate of drug-likeness (QED) is 0.897. The average molecular weight is 299 g/mol. The first-order valence-corrected chi connectivity index (χ1v) is 6.51. The van der Waals surface area contributed by atoms with E-state index in [1.165, 1.54) is 0 Å². The molecule has 0 saturated heterocycles. The number of benzene rings is 1. The Labute approximate surface area is 111 Å². The second-order valence-electron chi connectivity index (χ2n) is 4.53. The van der Waals surface area contributed by atoms with Gasteiger partial charge < -0.3 is 11.1 Å². The molecule has 3 N–H and O–H groups in total. The number of amides is 1. The predicted octanol–water partition coefficient (Wildman–Crippen LogP) is 2.47. The molecule has 94 valence electrons. The first-order valence-electron chi connectivity index (χ1n) is 5.72. The first kappa shape index (κ1) is 14.2. The van der Waals surface area contributed by atoms with Crippen molar-refractivity contribution in [3.8, 4) is 0 Å². The minimum atomic E-state index is -0.0695. The molecule has 0 bridgehead atoms. The van der Waals surface area contributed by atoms with E-state index in [1.807, 2.05) is 39.0 Å². The summed E-state index contributed by atoms with van der Waals surface area (Å²) in [5, 5.41) is 2.86. The van der Waals surface area contributed by atoms with Crippen molar-refractivity contribution >= 4 is 21.8 Å². The largest absolute Gasteiger partial charge is 0.350 e. The van der Waals surface area contributed by atoms with Crippen LogP contribution in [0.3, 0.4) is 0 Å². The summed E-state index contributed by atoms with van der Waals surface area (Å²) in [5.74, 6) is 0.291. The van der Waals surface area contributed by atoms with E-state index in [1.54, 1.807) is 0 Å². The molecular weight excluding hydrogens is 280 g/mol. The molecule has 1 aromatic rings. The minimum Gasteiger partial charge on any atom is -0.350 e. The van der Waals surface area contributed by atoms with Crippen LogP contribution in [0.2, 0.25) is 0 Å². The molecule has 1 unspecified atom stereocenters. The Kier molecular flexibility index (Phi) is 5.15. The van der Waals surface area contributed by atoms with E-state index in [0.717, 1.165) is 10.0 Å². The van der Waals surface area contributed by atoms with Crippen molar-refractivity contribution in [1.82, 2.24) is 5.32 Å². The van der Waals surface area contributed by atoms with Crippen LogP contribution in [0, 0.1) is 12.8 Å². The SMILES string of the molecule is Cc1c(Br)cccc1C(=O)NCC(N)C(C)C. The number of rotatable bonds is 4. The van der Waals surface area contributed by atoms with Crippen LogP contribution >= 0.6 is 15.9 Å². The number of nitrogens with two attached hydrogens (primary N) is 1. The van der Waals surface area contributed by atoms with E-state index < -0.39 is 0 Å². The minimum absolute atomic E-state index is 0.00795. The number of carbonyl (C=O) groups is 1. The van der Waals surface area contributed by atoms with Gasteiger partial charge in [0.15, 0.2) is 0 Å². The van der Waals surface area contributed by atoms with E-state index in [-0.39, 0.29) is 11.9 Å². The van der Waals surface area contributed by atoms with Crippen LogP contribution < -0.4 is 11.1 Å². The Morgan fingerprint density at radius 1 is 1.47 bits per heavy atom. The molecule has 0 fully saturated rings. The Balaban J connectivity index is 2.68. The summed E-state index contributed by atoms with van der Waals surface area (Å²) in [5.41, 5.74) is 7.52. The van der Waals surface area contributed by atoms with Gasteiger partial charge in [-0.1, -0.05) is 35.8 Å². The summed E-state index contributed by atoms with van der Waals surface area (Å²) in [4.78, 5) is 12.0. The standard InChI is InChI=1S/C13H19BrN2O/c1-8(2)12(15)7-16-13(17)10-5-4-6-11(14)9(10)3/h4-6,8,12H,7,15H2,1-3H3,(H,16,17). The van der Waals surface area contributed by atoms with Gasteiger partial charge in [-0.25, -0.2) is 0 Å². The van der Waals surface area contributed by atoms with Gasteiger partial charge in [-0.15, -0.1) is 0 Å². The molecule has 0 spiro atoms. The third-order valence-electron chi connectivity index (χ3n) is 2.87. The molecule has 0 aliphatic carbocycles. The third kappa shape index (κ3) is 3.82. The van der Waals surface area contributed by atoms with E-state index in [0.29, 0.717) is 18.0 Å². The van der Waals surface area contributed by atoms with E-state index >= 15 is 0 Å². The lowest BCUT2D eigenvalue weighted by atomic mass is 10.0. The molecule has 4 heteroatoms. The molecule has 1 atom stereocenters. The van der Waals surface area contributed by atoms with Crippen molar-refractivity contribution in [3.05, 3.63) is 33.8 Å². The molecule has 1 rings (SSSR count). The molecule has 17 heavy (non-hydrogen) atoms. The maximum Gasteiger partial charge on any atom is 0.251 e.